The maximum atomic E-state index is 13.0. The van der Waals surface area contributed by atoms with Gasteiger partial charge < -0.3 is 10.6 Å². The minimum absolute atomic E-state index is 0.0499. The summed E-state index contributed by atoms with van der Waals surface area (Å²) in [6, 6.07) is 2.66. The third-order valence-corrected chi connectivity index (χ3v) is 3.04. The molecular weight excluding hydrogens is 257 g/mol. The van der Waals surface area contributed by atoms with E-state index in [1.807, 2.05) is 6.92 Å². The quantitative estimate of drug-likeness (QED) is 0.827. The zero-order valence-corrected chi connectivity index (χ0v) is 10.5. The van der Waals surface area contributed by atoms with E-state index in [-0.39, 0.29) is 17.7 Å². The van der Waals surface area contributed by atoms with E-state index in [9.17, 15) is 18.0 Å². The first kappa shape index (κ1) is 13.9. The van der Waals surface area contributed by atoms with Gasteiger partial charge in [0.25, 0.3) is 5.91 Å². The summed E-state index contributed by atoms with van der Waals surface area (Å²) < 4.78 is 38.9. The summed E-state index contributed by atoms with van der Waals surface area (Å²) in [5.41, 5.74) is -0.0342. The van der Waals surface area contributed by atoms with Crippen LogP contribution in [0.4, 0.5) is 13.2 Å². The average Bonchev–Trinajstić information content (AvgIpc) is 2.70. The lowest BCUT2D eigenvalue weighted by Crippen LogP contribution is -2.16. The van der Waals surface area contributed by atoms with Gasteiger partial charge in [-0.05, 0) is 36.2 Å². The zero-order chi connectivity index (χ0) is 14.0. The third-order valence-electron chi connectivity index (χ3n) is 3.04. The smallest absolute Gasteiger partial charge is 0.348 e. The van der Waals surface area contributed by atoms with Crippen molar-refractivity contribution in [3.8, 4) is 0 Å². The summed E-state index contributed by atoms with van der Waals surface area (Å²) in [5, 5.41) is 5.47. The number of benzene rings is 1. The number of nitrogens with one attached hydrogen (secondary N) is 2. The van der Waals surface area contributed by atoms with Crippen LogP contribution in [0.5, 0.6) is 0 Å². The van der Waals surface area contributed by atoms with E-state index in [0.717, 1.165) is 19.0 Å². The molecule has 0 fully saturated rings. The maximum Gasteiger partial charge on any atom is 0.416 e. The molecule has 1 aliphatic rings. The molecular formula is C13H15F3N2O. The van der Waals surface area contributed by atoms with Gasteiger partial charge in [0.05, 0.1) is 5.56 Å². The lowest BCUT2D eigenvalue weighted by molar-refractivity contribution is -0.138. The van der Waals surface area contributed by atoms with Crippen LogP contribution in [0.3, 0.4) is 0 Å². The van der Waals surface area contributed by atoms with Crippen LogP contribution < -0.4 is 10.6 Å². The van der Waals surface area contributed by atoms with Crippen molar-refractivity contribution in [1.82, 2.24) is 10.6 Å². The van der Waals surface area contributed by atoms with Gasteiger partial charge in [-0.25, -0.2) is 0 Å². The number of carbonyl (C=O) groups is 1. The van der Waals surface area contributed by atoms with Gasteiger partial charge in [0.1, 0.15) is 0 Å². The number of halogens is 3. The van der Waals surface area contributed by atoms with E-state index in [4.69, 9.17) is 0 Å². The molecule has 2 N–H and O–H groups in total. The molecule has 0 saturated heterocycles. The molecule has 1 heterocycles. The molecule has 104 valence electrons. The SMILES string of the molecule is CCCNCc1cc2c(c(C(F)(F)F)c1)CNC2=O. The van der Waals surface area contributed by atoms with Crippen molar-refractivity contribution >= 4 is 5.91 Å². The molecule has 0 saturated carbocycles. The second-order valence-electron chi connectivity index (χ2n) is 4.53. The minimum Gasteiger partial charge on any atom is -0.348 e. The van der Waals surface area contributed by atoms with Gasteiger partial charge in [-0.15, -0.1) is 0 Å². The van der Waals surface area contributed by atoms with E-state index in [1.165, 1.54) is 6.07 Å². The molecule has 0 atom stereocenters. The van der Waals surface area contributed by atoms with Crippen molar-refractivity contribution in [2.75, 3.05) is 6.54 Å². The number of carbonyl (C=O) groups excluding carboxylic acids is 1. The fourth-order valence-electron chi connectivity index (χ4n) is 2.15. The molecule has 0 aliphatic carbocycles. The number of rotatable bonds is 4. The lowest BCUT2D eigenvalue weighted by atomic mass is 9.99. The maximum absolute atomic E-state index is 13.0. The van der Waals surface area contributed by atoms with Crippen molar-refractivity contribution in [2.45, 2.75) is 32.6 Å². The van der Waals surface area contributed by atoms with Crippen molar-refractivity contribution in [2.24, 2.45) is 0 Å². The second-order valence-corrected chi connectivity index (χ2v) is 4.53. The molecule has 1 aromatic carbocycles. The molecule has 0 bridgehead atoms. The Morgan fingerprint density at radius 3 is 2.74 bits per heavy atom. The Hall–Kier alpha value is -1.56. The van der Waals surface area contributed by atoms with Gasteiger partial charge in [-0.2, -0.15) is 13.2 Å². The molecule has 0 unspecified atom stereocenters. The number of fused-ring (bicyclic) bond motifs is 1. The largest absolute Gasteiger partial charge is 0.416 e. The van der Waals surface area contributed by atoms with E-state index < -0.39 is 17.6 Å². The normalized spacial score (nSPS) is 14.4. The van der Waals surface area contributed by atoms with Crippen LogP contribution in [0.15, 0.2) is 12.1 Å². The fraction of sp³-hybridized carbons (Fsp3) is 0.462. The molecule has 1 aromatic rings. The predicted octanol–water partition coefficient (Wildman–Crippen LogP) is 2.45. The van der Waals surface area contributed by atoms with Crippen LogP contribution in [-0.2, 0) is 19.3 Å². The van der Waals surface area contributed by atoms with Gasteiger partial charge in [0.2, 0.25) is 0 Å². The van der Waals surface area contributed by atoms with Crippen LogP contribution in [0, 0.1) is 0 Å². The van der Waals surface area contributed by atoms with Crippen LogP contribution in [0.25, 0.3) is 0 Å². The molecule has 19 heavy (non-hydrogen) atoms. The molecule has 1 amide bonds. The third kappa shape index (κ3) is 2.89. The van der Waals surface area contributed by atoms with Crippen molar-refractivity contribution < 1.29 is 18.0 Å². The molecule has 3 nitrogen and oxygen atoms in total. The monoisotopic (exact) mass is 272 g/mol. The average molecular weight is 272 g/mol. The van der Waals surface area contributed by atoms with Crippen LogP contribution in [0.1, 0.15) is 40.4 Å². The van der Waals surface area contributed by atoms with E-state index >= 15 is 0 Å². The Kier molecular flexibility index (Phi) is 3.80. The van der Waals surface area contributed by atoms with E-state index in [0.29, 0.717) is 12.1 Å². The van der Waals surface area contributed by atoms with Gasteiger partial charge in [-0.3, -0.25) is 4.79 Å². The summed E-state index contributed by atoms with van der Waals surface area (Å²) in [5.74, 6) is -0.433. The molecule has 0 aromatic heterocycles. The molecule has 0 spiro atoms. The molecule has 2 rings (SSSR count). The first-order chi connectivity index (χ1) is 8.93. The van der Waals surface area contributed by atoms with E-state index in [1.54, 1.807) is 0 Å². The fourth-order valence-corrected chi connectivity index (χ4v) is 2.15. The summed E-state index contributed by atoms with van der Waals surface area (Å²) in [4.78, 5) is 11.5. The molecule has 0 radical (unpaired) electrons. The Labute approximate surface area is 109 Å². The number of amides is 1. The lowest BCUT2D eigenvalue weighted by Gasteiger charge is -2.13. The first-order valence-electron chi connectivity index (χ1n) is 6.15. The van der Waals surface area contributed by atoms with Crippen LogP contribution in [0.2, 0.25) is 0 Å². The highest BCUT2D eigenvalue weighted by atomic mass is 19.4. The highest BCUT2D eigenvalue weighted by Crippen LogP contribution is 2.36. The van der Waals surface area contributed by atoms with Crippen molar-refractivity contribution in [1.29, 1.82) is 0 Å². The standard InChI is InChI=1S/C13H15F3N2O/c1-2-3-17-6-8-4-9-10(7-18-12(9)19)11(5-8)13(14,15)16/h4-5,17H,2-3,6-7H2,1H3,(H,18,19). The summed E-state index contributed by atoms with van der Waals surface area (Å²) in [6.45, 7) is 2.98. The molecule has 6 heteroatoms. The van der Waals surface area contributed by atoms with Gasteiger partial charge in [0, 0.05) is 18.7 Å². The van der Waals surface area contributed by atoms with E-state index in [2.05, 4.69) is 10.6 Å². The van der Waals surface area contributed by atoms with Crippen molar-refractivity contribution in [3.63, 3.8) is 0 Å². The number of hydrogen-bond donors (Lipinski definition) is 2. The minimum atomic E-state index is -4.43. The molecule has 1 aliphatic heterocycles. The van der Waals surface area contributed by atoms with Gasteiger partial charge >= 0.3 is 6.18 Å². The first-order valence-corrected chi connectivity index (χ1v) is 6.15. The van der Waals surface area contributed by atoms with Crippen molar-refractivity contribution in [3.05, 3.63) is 34.4 Å². The topological polar surface area (TPSA) is 41.1 Å². The van der Waals surface area contributed by atoms with Gasteiger partial charge in [-0.1, -0.05) is 6.92 Å². The van der Waals surface area contributed by atoms with Gasteiger partial charge in [0.15, 0.2) is 0 Å². The predicted molar refractivity (Wildman–Crippen MR) is 64.6 cm³/mol. The van der Waals surface area contributed by atoms with Crippen LogP contribution >= 0.6 is 0 Å². The summed E-state index contributed by atoms with van der Waals surface area (Å²) in [7, 11) is 0. The number of hydrogen-bond acceptors (Lipinski definition) is 2. The summed E-state index contributed by atoms with van der Waals surface area (Å²) >= 11 is 0. The highest BCUT2D eigenvalue weighted by molar-refractivity contribution is 5.99. The Bertz CT molecular complexity index is 497. The Morgan fingerprint density at radius 2 is 2.11 bits per heavy atom. The Balaban J connectivity index is 2.37. The number of alkyl halides is 3. The summed E-state index contributed by atoms with van der Waals surface area (Å²) in [6.07, 6.45) is -3.53. The van der Waals surface area contributed by atoms with Crippen LogP contribution in [-0.4, -0.2) is 12.5 Å². The second kappa shape index (κ2) is 5.21. The Morgan fingerprint density at radius 1 is 1.37 bits per heavy atom. The zero-order valence-electron chi connectivity index (χ0n) is 10.5. The highest BCUT2D eigenvalue weighted by Gasteiger charge is 2.37.